The van der Waals surface area contributed by atoms with Crippen molar-refractivity contribution in [3.63, 3.8) is 0 Å². The van der Waals surface area contributed by atoms with Crippen molar-refractivity contribution in [2.45, 2.75) is 82.1 Å². The van der Waals surface area contributed by atoms with Crippen molar-refractivity contribution in [2.24, 2.45) is 10.8 Å². The van der Waals surface area contributed by atoms with Crippen LogP contribution in [-0.4, -0.2) is 15.0 Å². The minimum Gasteiger partial charge on any atom is -0.500 e. The molecule has 0 aliphatic carbocycles. The summed E-state index contributed by atoms with van der Waals surface area (Å²) in [4.78, 5) is 13.9. The van der Waals surface area contributed by atoms with Gasteiger partial charge in [0.2, 0.25) is 0 Å². The number of nitrogens with zero attached hydrogens (tertiary/aromatic N) is 3. The van der Waals surface area contributed by atoms with Gasteiger partial charge in [0.15, 0.2) is 0 Å². The standard InChI is InChI=1S/C26H23N2O.C25H28N.Ir/c1-16-8-9-21-22(28-16)11-10-19-18-6-5-7-20(24(18)29-25(19)21)23-14-17(12-13-27-23)15-26(2,3)4;1-17-7-10-22(24-13-18(2)19(3)16-26-24)14-23(17)21-11-8-20(9-12-21)15-25(4,5)6;/h5-6,8-14H,15H2,1-4H3;7-9,11-14,16H,15H2,1-6H3;/q2*-1;. The Morgan fingerprint density at radius 3 is 2.02 bits per heavy atom. The molecule has 0 aliphatic heterocycles. The van der Waals surface area contributed by atoms with Crippen molar-refractivity contribution >= 4 is 32.8 Å². The van der Waals surface area contributed by atoms with E-state index < -0.39 is 0 Å². The van der Waals surface area contributed by atoms with Crippen molar-refractivity contribution in [3.05, 3.63) is 149 Å². The Labute approximate surface area is 346 Å². The fourth-order valence-electron chi connectivity index (χ4n) is 7.24. The molecular formula is C51H51IrN3O-2. The van der Waals surface area contributed by atoms with Crippen LogP contribution < -0.4 is 0 Å². The second-order valence-electron chi connectivity index (χ2n) is 17.5. The molecule has 56 heavy (non-hydrogen) atoms. The van der Waals surface area contributed by atoms with Gasteiger partial charge in [0.05, 0.1) is 11.1 Å². The van der Waals surface area contributed by atoms with Crippen LogP contribution in [0.1, 0.15) is 75.1 Å². The zero-order chi connectivity index (χ0) is 39.1. The molecule has 0 unspecified atom stereocenters. The van der Waals surface area contributed by atoms with Gasteiger partial charge in [-0.2, -0.15) is 0 Å². The second kappa shape index (κ2) is 16.3. The number of aryl methyl sites for hydroxylation is 4. The average Bonchev–Trinajstić information content (AvgIpc) is 3.52. The first-order chi connectivity index (χ1) is 26.1. The maximum Gasteiger partial charge on any atom is 0.130 e. The monoisotopic (exact) mass is 914 g/mol. The van der Waals surface area contributed by atoms with Crippen LogP contribution in [-0.2, 0) is 32.9 Å². The Morgan fingerprint density at radius 1 is 0.607 bits per heavy atom. The number of pyridine rings is 3. The molecular weight excluding hydrogens is 863 g/mol. The number of fused-ring (bicyclic) bond motifs is 5. The van der Waals surface area contributed by atoms with Gasteiger partial charge >= 0.3 is 0 Å². The van der Waals surface area contributed by atoms with Crippen LogP contribution in [0, 0.1) is 50.7 Å². The smallest absolute Gasteiger partial charge is 0.130 e. The van der Waals surface area contributed by atoms with E-state index in [2.05, 4.69) is 168 Å². The number of aromatic nitrogens is 3. The van der Waals surface area contributed by atoms with Crippen LogP contribution in [0.5, 0.6) is 0 Å². The van der Waals surface area contributed by atoms with Gasteiger partial charge in [-0.3, -0.25) is 4.98 Å². The summed E-state index contributed by atoms with van der Waals surface area (Å²) in [6, 6.07) is 38.7. The number of hydrogen-bond donors (Lipinski definition) is 0. The molecule has 5 heteroatoms. The number of rotatable bonds is 5. The van der Waals surface area contributed by atoms with Crippen LogP contribution in [0.25, 0.3) is 66.5 Å². The zero-order valence-electron chi connectivity index (χ0n) is 34.3. The Balaban J connectivity index is 0.000000188. The van der Waals surface area contributed by atoms with E-state index in [9.17, 15) is 0 Å². The average molecular weight is 914 g/mol. The summed E-state index contributed by atoms with van der Waals surface area (Å²) < 4.78 is 6.42. The van der Waals surface area contributed by atoms with Crippen molar-refractivity contribution in [2.75, 3.05) is 0 Å². The van der Waals surface area contributed by atoms with Gasteiger partial charge in [-0.05, 0) is 103 Å². The minimum atomic E-state index is 0. The largest absolute Gasteiger partial charge is 0.500 e. The van der Waals surface area contributed by atoms with Crippen LogP contribution in [0.4, 0.5) is 0 Å². The summed E-state index contributed by atoms with van der Waals surface area (Å²) in [7, 11) is 0. The maximum absolute atomic E-state index is 6.42. The molecule has 0 bridgehead atoms. The Kier molecular flexibility index (Phi) is 11.8. The first-order valence-electron chi connectivity index (χ1n) is 19.3. The van der Waals surface area contributed by atoms with E-state index in [1.165, 1.54) is 38.9 Å². The molecule has 0 atom stereocenters. The van der Waals surface area contributed by atoms with Gasteiger partial charge in [-0.25, -0.2) is 0 Å². The van der Waals surface area contributed by atoms with E-state index in [0.717, 1.165) is 73.9 Å². The summed E-state index contributed by atoms with van der Waals surface area (Å²) in [6.07, 6.45) is 5.91. The topological polar surface area (TPSA) is 51.8 Å². The fourth-order valence-corrected chi connectivity index (χ4v) is 7.24. The molecule has 0 N–H and O–H groups in total. The van der Waals surface area contributed by atoms with Gasteiger partial charge in [-0.15, -0.1) is 47.5 Å². The number of furan rings is 1. The van der Waals surface area contributed by atoms with E-state index in [4.69, 9.17) is 4.42 Å². The van der Waals surface area contributed by atoms with Gasteiger partial charge in [-0.1, -0.05) is 113 Å². The predicted octanol–water partition coefficient (Wildman–Crippen LogP) is 13.6. The zero-order valence-corrected chi connectivity index (χ0v) is 36.7. The minimum absolute atomic E-state index is 0. The van der Waals surface area contributed by atoms with E-state index in [0.29, 0.717) is 5.41 Å². The fraction of sp³-hybridized carbons (Fsp3) is 0.275. The molecule has 0 fully saturated rings. The van der Waals surface area contributed by atoms with Gasteiger partial charge in [0.25, 0.3) is 0 Å². The second-order valence-corrected chi connectivity index (χ2v) is 17.5. The molecule has 1 radical (unpaired) electrons. The third-order valence-corrected chi connectivity index (χ3v) is 10.0. The predicted molar refractivity (Wildman–Crippen MR) is 230 cm³/mol. The van der Waals surface area contributed by atoms with E-state index >= 15 is 0 Å². The molecule has 8 rings (SSSR count). The molecule has 4 aromatic heterocycles. The van der Waals surface area contributed by atoms with Crippen LogP contribution in [0.3, 0.4) is 0 Å². The van der Waals surface area contributed by atoms with Crippen LogP contribution in [0.2, 0.25) is 0 Å². The first-order valence-corrected chi connectivity index (χ1v) is 19.3. The Hall–Kier alpha value is -4.96. The molecule has 0 saturated carbocycles. The summed E-state index contributed by atoms with van der Waals surface area (Å²) in [6.45, 7) is 22.0. The molecule has 287 valence electrons. The maximum atomic E-state index is 6.42. The van der Waals surface area contributed by atoms with E-state index in [-0.39, 0.29) is 25.5 Å². The molecule has 4 aromatic carbocycles. The summed E-state index contributed by atoms with van der Waals surface area (Å²) in [5.41, 5.74) is 16.9. The Bertz CT molecular complexity index is 2660. The third-order valence-electron chi connectivity index (χ3n) is 10.0. The van der Waals surface area contributed by atoms with Gasteiger partial charge < -0.3 is 14.4 Å². The summed E-state index contributed by atoms with van der Waals surface area (Å²) in [5, 5.41) is 3.21. The molecule has 0 aliphatic rings. The normalized spacial score (nSPS) is 11.8. The molecule has 8 aromatic rings. The quantitative estimate of drug-likeness (QED) is 0.161. The molecule has 0 spiro atoms. The molecule has 0 amide bonds. The Morgan fingerprint density at radius 2 is 1.30 bits per heavy atom. The van der Waals surface area contributed by atoms with Crippen molar-refractivity contribution in [1.29, 1.82) is 0 Å². The number of hydrogen-bond acceptors (Lipinski definition) is 4. The summed E-state index contributed by atoms with van der Waals surface area (Å²) >= 11 is 0. The molecule has 4 heterocycles. The van der Waals surface area contributed by atoms with Crippen LogP contribution in [0.15, 0.2) is 108 Å². The van der Waals surface area contributed by atoms with Gasteiger partial charge in [0, 0.05) is 49.0 Å². The van der Waals surface area contributed by atoms with Gasteiger partial charge in [0.1, 0.15) is 5.58 Å². The SMILES string of the molecule is Cc1ccc2c(ccc3c4cc[c-]c(-c5cc(CC(C)(C)C)ccn5)c4oc23)n1.Cc1cnc(-c2[c-]cc(C)c(-c3ccc(CC(C)(C)C)cc3)c2)cc1C.[Ir]. The number of benzene rings is 4. The van der Waals surface area contributed by atoms with E-state index in [1.54, 1.807) is 0 Å². The van der Waals surface area contributed by atoms with Crippen LogP contribution >= 0.6 is 0 Å². The molecule has 0 saturated heterocycles. The summed E-state index contributed by atoms with van der Waals surface area (Å²) in [5.74, 6) is 0. The van der Waals surface area contributed by atoms with Crippen molar-refractivity contribution in [1.82, 2.24) is 15.0 Å². The molecule has 4 nitrogen and oxygen atoms in total. The van der Waals surface area contributed by atoms with Crippen molar-refractivity contribution in [3.8, 4) is 33.6 Å². The third kappa shape index (κ3) is 9.18. The van der Waals surface area contributed by atoms with E-state index in [1.807, 2.05) is 31.5 Å². The first kappa shape index (κ1) is 40.7. The van der Waals surface area contributed by atoms with Crippen molar-refractivity contribution < 1.29 is 24.5 Å².